The minimum atomic E-state index is 0.101. The summed E-state index contributed by atoms with van der Waals surface area (Å²) in [5.41, 5.74) is 1.23. The molecule has 1 saturated carbocycles. The maximum absolute atomic E-state index is 12.5. The highest BCUT2D eigenvalue weighted by molar-refractivity contribution is 7.09. The van der Waals surface area contributed by atoms with E-state index in [2.05, 4.69) is 26.7 Å². The van der Waals surface area contributed by atoms with Crippen LogP contribution in [0.2, 0.25) is 0 Å². The Balaban J connectivity index is 1.27. The fourth-order valence-electron chi connectivity index (χ4n) is 3.84. The molecule has 0 bridgehead atoms. The first-order valence-corrected chi connectivity index (χ1v) is 10.7. The predicted octanol–water partition coefficient (Wildman–Crippen LogP) is 3.29. The van der Waals surface area contributed by atoms with Crippen molar-refractivity contribution in [1.82, 2.24) is 19.6 Å². The van der Waals surface area contributed by atoms with Crippen molar-refractivity contribution in [3.63, 3.8) is 0 Å². The molecule has 1 aliphatic carbocycles. The molecule has 2 amide bonds. The van der Waals surface area contributed by atoms with Crippen LogP contribution in [0, 0.1) is 0 Å². The van der Waals surface area contributed by atoms with E-state index in [1.807, 2.05) is 23.1 Å². The Bertz CT molecular complexity index is 736. The fourth-order valence-corrected chi connectivity index (χ4v) is 4.57. The van der Waals surface area contributed by atoms with Gasteiger partial charge in [-0.05, 0) is 18.4 Å². The lowest BCUT2D eigenvalue weighted by Gasteiger charge is -2.35. The highest BCUT2D eigenvalue weighted by atomic mass is 32.1. The Morgan fingerprint density at radius 3 is 2.56 bits per heavy atom. The summed E-state index contributed by atoms with van der Waals surface area (Å²) in [6, 6.07) is 10.8. The maximum Gasteiger partial charge on any atom is 0.317 e. The summed E-state index contributed by atoms with van der Waals surface area (Å²) in [5.74, 6) is 0.874. The van der Waals surface area contributed by atoms with Gasteiger partial charge >= 0.3 is 6.03 Å². The van der Waals surface area contributed by atoms with E-state index in [1.165, 1.54) is 36.4 Å². The lowest BCUT2D eigenvalue weighted by atomic mass is 9.96. The number of carbonyl (C=O) groups excluding carboxylic acids is 1. The van der Waals surface area contributed by atoms with Crippen LogP contribution in [0.25, 0.3) is 0 Å². The first-order valence-electron chi connectivity index (χ1n) is 9.95. The van der Waals surface area contributed by atoms with Gasteiger partial charge in [-0.25, -0.2) is 9.78 Å². The average molecular weight is 386 g/mol. The molecule has 1 saturated heterocycles. The van der Waals surface area contributed by atoms with Crippen LogP contribution < -0.4 is 10.2 Å². The number of anilines is 1. The maximum atomic E-state index is 12.5. The second-order valence-electron chi connectivity index (χ2n) is 7.41. The molecule has 7 heteroatoms. The molecule has 1 aromatic carbocycles. The Morgan fingerprint density at radius 1 is 1.07 bits per heavy atom. The Kier molecular flexibility index (Phi) is 5.87. The molecule has 1 aliphatic heterocycles. The van der Waals surface area contributed by atoms with E-state index in [-0.39, 0.29) is 6.03 Å². The van der Waals surface area contributed by atoms with Crippen molar-refractivity contribution in [1.29, 1.82) is 0 Å². The second kappa shape index (κ2) is 8.69. The number of carbonyl (C=O) groups is 1. The molecule has 6 nitrogen and oxygen atoms in total. The smallest absolute Gasteiger partial charge is 0.317 e. The zero-order valence-electron chi connectivity index (χ0n) is 15.6. The zero-order valence-corrected chi connectivity index (χ0v) is 16.5. The van der Waals surface area contributed by atoms with Crippen molar-refractivity contribution in [2.24, 2.45) is 0 Å². The summed E-state index contributed by atoms with van der Waals surface area (Å²) in [5, 5.41) is 4.18. The van der Waals surface area contributed by atoms with Crippen LogP contribution >= 0.6 is 11.5 Å². The van der Waals surface area contributed by atoms with E-state index in [9.17, 15) is 4.79 Å². The van der Waals surface area contributed by atoms with Crippen LogP contribution in [-0.2, 0) is 6.42 Å². The van der Waals surface area contributed by atoms with E-state index in [4.69, 9.17) is 4.98 Å². The van der Waals surface area contributed by atoms with E-state index >= 15 is 0 Å². The van der Waals surface area contributed by atoms with Crippen LogP contribution in [-0.4, -0.2) is 52.5 Å². The molecule has 1 N–H and O–H groups in total. The third-order valence-corrected chi connectivity index (χ3v) is 6.25. The average Bonchev–Trinajstić information content (AvgIpc) is 3.18. The number of hydrogen-bond acceptors (Lipinski definition) is 5. The summed E-state index contributed by atoms with van der Waals surface area (Å²) in [6.45, 7) is 3.12. The quantitative estimate of drug-likeness (QED) is 0.877. The first-order chi connectivity index (χ1) is 13.3. The van der Waals surface area contributed by atoms with E-state index in [0.717, 1.165) is 56.4 Å². The van der Waals surface area contributed by atoms with Gasteiger partial charge < -0.3 is 15.1 Å². The van der Waals surface area contributed by atoms with Gasteiger partial charge in [-0.1, -0.05) is 49.6 Å². The molecule has 0 atom stereocenters. The molecule has 0 spiro atoms. The SMILES string of the molecule is O=C(NC1CCCCC1)N1CCN(c2nc(Cc3ccccc3)ns2)CC1. The van der Waals surface area contributed by atoms with E-state index in [0.29, 0.717) is 6.04 Å². The summed E-state index contributed by atoms with van der Waals surface area (Å²) in [6.07, 6.45) is 6.80. The van der Waals surface area contributed by atoms with Crippen LogP contribution in [0.3, 0.4) is 0 Å². The van der Waals surface area contributed by atoms with Gasteiger partial charge in [0, 0.05) is 50.2 Å². The molecular weight excluding hydrogens is 358 g/mol. The third kappa shape index (κ3) is 4.77. The standard InChI is InChI=1S/C20H27N5OS/c26-19(21-17-9-5-2-6-10-17)24-11-13-25(14-12-24)20-22-18(23-27-20)15-16-7-3-1-4-8-16/h1,3-4,7-8,17H,2,5-6,9-15H2,(H,21,26). The molecule has 2 fully saturated rings. The number of urea groups is 1. The van der Waals surface area contributed by atoms with E-state index < -0.39 is 0 Å². The van der Waals surface area contributed by atoms with Crippen molar-refractivity contribution in [2.45, 2.75) is 44.6 Å². The van der Waals surface area contributed by atoms with E-state index in [1.54, 1.807) is 0 Å². The molecule has 27 heavy (non-hydrogen) atoms. The van der Waals surface area contributed by atoms with Gasteiger partial charge in [0.2, 0.25) is 5.13 Å². The van der Waals surface area contributed by atoms with Gasteiger partial charge in [-0.15, -0.1) is 0 Å². The van der Waals surface area contributed by atoms with Crippen molar-refractivity contribution in [3.8, 4) is 0 Å². The number of benzene rings is 1. The lowest BCUT2D eigenvalue weighted by Crippen LogP contribution is -2.53. The Labute approximate surface area is 164 Å². The molecule has 144 valence electrons. The number of amides is 2. The monoisotopic (exact) mass is 385 g/mol. The number of rotatable bonds is 4. The predicted molar refractivity (Wildman–Crippen MR) is 108 cm³/mol. The largest absolute Gasteiger partial charge is 0.343 e. The molecule has 2 heterocycles. The van der Waals surface area contributed by atoms with Gasteiger partial charge in [0.05, 0.1) is 0 Å². The molecule has 2 aliphatic rings. The van der Waals surface area contributed by atoms with Crippen LogP contribution in [0.15, 0.2) is 30.3 Å². The highest BCUT2D eigenvalue weighted by Crippen LogP contribution is 2.21. The minimum absolute atomic E-state index is 0.101. The topological polar surface area (TPSA) is 61.4 Å². The van der Waals surface area contributed by atoms with Gasteiger partial charge in [0.15, 0.2) is 0 Å². The summed E-state index contributed by atoms with van der Waals surface area (Å²) in [4.78, 5) is 21.4. The molecule has 2 aromatic rings. The summed E-state index contributed by atoms with van der Waals surface area (Å²) < 4.78 is 4.51. The third-order valence-electron chi connectivity index (χ3n) is 5.43. The number of hydrogen-bond donors (Lipinski definition) is 1. The van der Waals surface area contributed by atoms with Gasteiger partial charge in [-0.3, -0.25) is 0 Å². The molecule has 0 unspecified atom stereocenters. The minimum Gasteiger partial charge on any atom is -0.343 e. The molecular formula is C20H27N5OS. The number of nitrogens with zero attached hydrogens (tertiary/aromatic N) is 4. The molecule has 0 radical (unpaired) electrons. The van der Waals surface area contributed by atoms with Crippen molar-refractivity contribution < 1.29 is 4.79 Å². The fraction of sp³-hybridized carbons (Fsp3) is 0.550. The van der Waals surface area contributed by atoms with Crippen LogP contribution in [0.5, 0.6) is 0 Å². The number of nitrogens with one attached hydrogen (secondary N) is 1. The lowest BCUT2D eigenvalue weighted by molar-refractivity contribution is 0.186. The second-order valence-corrected chi connectivity index (χ2v) is 8.14. The van der Waals surface area contributed by atoms with Gasteiger partial charge in [0.25, 0.3) is 0 Å². The zero-order chi connectivity index (χ0) is 18.5. The number of piperazine rings is 1. The Hall–Kier alpha value is -2.15. The normalized spacial score (nSPS) is 18.5. The van der Waals surface area contributed by atoms with Crippen LogP contribution in [0.1, 0.15) is 43.5 Å². The highest BCUT2D eigenvalue weighted by Gasteiger charge is 2.25. The summed E-state index contributed by atoms with van der Waals surface area (Å²) >= 11 is 1.46. The number of aromatic nitrogens is 2. The van der Waals surface area contributed by atoms with Crippen LogP contribution in [0.4, 0.5) is 9.93 Å². The van der Waals surface area contributed by atoms with Gasteiger partial charge in [-0.2, -0.15) is 4.37 Å². The first kappa shape index (κ1) is 18.2. The van der Waals surface area contributed by atoms with Gasteiger partial charge in [0.1, 0.15) is 5.82 Å². The molecule has 4 rings (SSSR count). The van der Waals surface area contributed by atoms with Crippen molar-refractivity contribution in [3.05, 3.63) is 41.7 Å². The molecule has 1 aromatic heterocycles. The van der Waals surface area contributed by atoms with Crippen molar-refractivity contribution >= 4 is 22.7 Å². The Morgan fingerprint density at radius 2 is 1.81 bits per heavy atom. The van der Waals surface area contributed by atoms with Crippen molar-refractivity contribution in [2.75, 3.05) is 31.1 Å². The summed E-state index contributed by atoms with van der Waals surface area (Å²) in [7, 11) is 0.